The number of hydrazine groups is 1. The van der Waals surface area contributed by atoms with Crippen molar-refractivity contribution in [1.82, 2.24) is 10.9 Å². The Morgan fingerprint density at radius 1 is 1.78 bits per heavy atom. The molecular weight excluding hydrogens is 127 g/mol. The highest BCUT2D eigenvalue weighted by atomic mass is 19.2. The largest absolute Gasteiger partial charge is 0.344 e. The van der Waals surface area contributed by atoms with E-state index in [0.717, 1.165) is 6.08 Å². The number of carbonyl (C=O) groups excluding carboxylic acids is 1. The summed E-state index contributed by atoms with van der Waals surface area (Å²) in [7, 11) is 0. The fourth-order valence-corrected chi connectivity index (χ4v) is 0.427. The molecule has 0 aromatic rings. The van der Waals surface area contributed by atoms with E-state index in [9.17, 15) is 9.18 Å². The Labute approximate surface area is 50.3 Å². The third kappa shape index (κ3) is 1.06. The van der Waals surface area contributed by atoms with Crippen molar-refractivity contribution in [2.75, 3.05) is 0 Å². The van der Waals surface area contributed by atoms with Crippen LogP contribution in [0.2, 0.25) is 0 Å². The third-order valence-corrected chi connectivity index (χ3v) is 0.882. The lowest BCUT2D eigenvalue weighted by atomic mass is 10.3. The lowest BCUT2D eigenvalue weighted by Gasteiger charge is -2.19. The molecular formula is C4H5FN2O2. The van der Waals surface area contributed by atoms with Crippen LogP contribution in [0, 0.1) is 0 Å². The Morgan fingerprint density at radius 2 is 2.44 bits per heavy atom. The van der Waals surface area contributed by atoms with Crippen molar-refractivity contribution >= 4 is 5.78 Å². The number of alkyl halides is 1. The second kappa shape index (κ2) is 1.78. The molecule has 50 valence electrons. The molecule has 1 aliphatic heterocycles. The summed E-state index contributed by atoms with van der Waals surface area (Å²) >= 11 is 0. The number of hydrogen-bond donors (Lipinski definition) is 3. The van der Waals surface area contributed by atoms with E-state index in [0.29, 0.717) is 0 Å². The van der Waals surface area contributed by atoms with Gasteiger partial charge in [0.25, 0.3) is 0 Å². The van der Waals surface area contributed by atoms with Crippen LogP contribution in [0.5, 0.6) is 0 Å². The number of ketones is 1. The van der Waals surface area contributed by atoms with Crippen LogP contribution < -0.4 is 10.9 Å². The van der Waals surface area contributed by atoms with E-state index >= 15 is 0 Å². The molecule has 1 aliphatic rings. The van der Waals surface area contributed by atoms with E-state index in [-0.39, 0.29) is 0 Å². The molecule has 1 heterocycles. The first-order chi connectivity index (χ1) is 4.13. The van der Waals surface area contributed by atoms with Gasteiger partial charge in [0.2, 0.25) is 5.78 Å². The van der Waals surface area contributed by atoms with Crippen LogP contribution in [0.3, 0.4) is 0 Å². The molecule has 0 saturated carbocycles. The molecule has 1 unspecified atom stereocenters. The smallest absolute Gasteiger partial charge is 0.342 e. The number of carbonyl (C=O) groups is 1. The van der Waals surface area contributed by atoms with Crippen molar-refractivity contribution in [3.05, 3.63) is 12.3 Å². The fourth-order valence-electron chi connectivity index (χ4n) is 0.427. The zero-order valence-corrected chi connectivity index (χ0v) is 4.39. The molecule has 5 heteroatoms. The molecule has 4 nitrogen and oxygen atoms in total. The van der Waals surface area contributed by atoms with Gasteiger partial charge in [0.15, 0.2) is 0 Å². The van der Waals surface area contributed by atoms with Crippen LogP contribution in [-0.2, 0) is 4.79 Å². The maximum Gasteiger partial charge on any atom is 0.344 e. The lowest BCUT2D eigenvalue weighted by Crippen LogP contribution is -2.55. The number of rotatable bonds is 0. The zero-order valence-electron chi connectivity index (χ0n) is 4.39. The van der Waals surface area contributed by atoms with E-state index in [2.05, 4.69) is 5.43 Å². The Morgan fingerprint density at radius 3 is 2.78 bits per heavy atom. The second-order valence-electron chi connectivity index (χ2n) is 1.59. The van der Waals surface area contributed by atoms with Crippen LogP contribution in [0.25, 0.3) is 0 Å². The minimum Gasteiger partial charge on any atom is -0.342 e. The Hall–Kier alpha value is -0.940. The van der Waals surface area contributed by atoms with E-state index in [1.807, 2.05) is 0 Å². The summed E-state index contributed by atoms with van der Waals surface area (Å²) in [5, 5.41) is 8.40. The highest BCUT2D eigenvalue weighted by molar-refractivity contribution is 5.95. The summed E-state index contributed by atoms with van der Waals surface area (Å²) in [5.74, 6) is -3.96. The fraction of sp³-hybridized carbons (Fsp3) is 0.250. The molecule has 0 bridgehead atoms. The van der Waals surface area contributed by atoms with Gasteiger partial charge in [-0.05, 0) is 0 Å². The number of halogens is 1. The van der Waals surface area contributed by atoms with Gasteiger partial charge in [-0.3, -0.25) is 4.79 Å². The quantitative estimate of drug-likeness (QED) is 0.362. The van der Waals surface area contributed by atoms with Crippen molar-refractivity contribution in [2.45, 2.75) is 5.98 Å². The Bertz CT molecular complexity index is 166. The topological polar surface area (TPSA) is 61.4 Å². The average Bonchev–Trinajstić information content (AvgIpc) is 1.77. The molecule has 0 spiro atoms. The normalized spacial score (nSPS) is 34.2. The highest BCUT2D eigenvalue weighted by Gasteiger charge is 2.35. The van der Waals surface area contributed by atoms with Crippen molar-refractivity contribution in [3.63, 3.8) is 0 Å². The molecule has 1 atom stereocenters. The van der Waals surface area contributed by atoms with Crippen LogP contribution in [0.4, 0.5) is 4.39 Å². The maximum atomic E-state index is 12.2. The Kier molecular flexibility index (Phi) is 1.22. The molecule has 0 aromatic carbocycles. The Balaban J connectivity index is 2.78. The summed E-state index contributed by atoms with van der Waals surface area (Å²) in [6, 6.07) is 0. The van der Waals surface area contributed by atoms with Crippen molar-refractivity contribution in [2.24, 2.45) is 0 Å². The maximum absolute atomic E-state index is 12.2. The van der Waals surface area contributed by atoms with E-state index in [4.69, 9.17) is 5.11 Å². The van der Waals surface area contributed by atoms with Crippen molar-refractivity contribution in [3.8, 4) is 0 Å². The van der Waals surface area contributed by atoms with Gasteiger partial charge in [-0.1, -0.05) is 0 Å². The molecule has 0 saturated heterocycles. The van der Waals surface area contributed by atoms with Gasteiger partial charge in [-0.2, -0.15) is 9.82 Å². The summed E-state index contributed by atoms with van der Waals surface area (Å²) in [6.07, 6.45) is 2.09. The van der Waals surface area contributed by atoms with Gasteiger partial charge in [-0.25, -0.2) is 0 Å². The van der Waals surface area contributed by atoms with Crippen LogP contribution in [0.1, 0.15) is 0 Å². The first-order valence-corrected chi connectivity index (χ1v) is 2.28. The molecule has 9 heavy (non-hydrogen) atoms. The van der Waals surface area contributed by atoms with E-state index < -0.39 is 11.8 Å². The number of hydrogen-bond acceptors (Lipinski definition) is 4. The van der Waals surface area contributed by atoms with Gasteiger partial charge < -0.3 is 10.5 Å². The number of nitrogens with one attached hydrogen (secondary N) is 2. The number of aliphatic hydroxyl groups is 1. The first-order valence-electron chi connectivity index (χ1n) is 2.28. The minimum absolute atomic E-state index is 0.899. The summed E-state index contributed by atoms with van der Waals surface area (Å²) in [6.45, 7) is 0. The van der Waals surface area contributed by atoms with Crippen LogP contribution in [-0.4, -0.2) is 16.9 Å². The molecule has 1 rings (SSSR count). The molecule has 0 amide bonds. The molecule has 0 fully saturated rings. The molecule has 0 aromatic heterocycles. The van der Waals surface area contributed by atoms with E-state index in [1.54, 1.807) is 5.43 Å². The molecule has 3 N–H and O–H groups in total. The van der Waals surface area contributed by atoms with Crippen molar-refractivity contribution < 1.29 is 14.3 Å². The van der Waals surface area contributed by atoms with Gasteiger partial charge in [-0.15, -0.1) is 0 Å². The zero-order chi connectivity index (χ0) is 6.91. The van der Waals surface area contributed by atoms with Crippen LogP contribution >= 0.6 is 0 Å². The van der Waals surface area contributed by atoms with Crippen molar-refractivity contribution in [1.29, 1.82) is 0 Å². The molecule has 0 aliphatic carbocycles. The monoisotopic (exact) mass is 132 g/mol. The lowest BCUT2D eigenvalue weighted by molar-refractivity contribution is -0.164. The highest BCUT2D eigenvalue weighted by Crippen LogP contribution is 2.04. The van der Waals surface area contributed by atoms with Gasteiger partial charge >= 0.3 is 5.98 Å². The summed E-state index contributed by atoms with van der Waals surface area (Å²) in [4.78, 5) is 10.3. The van der Waals surface area contributed by atoms with Gasteiger partial charge in [0, 0.05) is 12.3 Å². The predicted octanol–water partition coefficient (Wildman–Crippen LogP) is -1.21. The second-order valence-corrected chi connectivity index (χ2v) is 1.59. The van der Waals surface area contributed by atoms with E-state index in [1.165, 1.54) is 6.20 Å². The van der Waals surface area contributed by atoms with Gasteiger partial charge in [0.05, 0.1) is 0 Å². The molecule has 0 radical (unpaired) electrons. The summed E-state index contributed by atoms with van der Waals surface area (Å²) < 4.78 is 12.2. The van der Waals surface area contributed by atoms with Crippen LogP contribution in [0.15, 0.2) is 12.3 Å². The SMILES string of the molecule is O=C1C=CNNC1(O)F. The minimum atomic E-state index is -2.95. The summed E-state index contributed by atoms with van der Waals surface area (Å²) in [5.41, 5.74) is 3.84. The average molecular weight is 132 g/mol. The third-order valence-electron chi connectivity index (χ3n) is 0.882. The van der Waals surface area contributed by atoms with Gasteiger partial charge in [0.1, 0.15) is 0 Å². The predicted molar refractivity (Wildman–Crippen MR) is 26.5 cm³/mol. The first kappa shape index (κ1) is 6.18. The standard InChI is InChI=1S/C4H5FN2O2/c5-4(9)3(8)1-2-6-7-4/h1-2,6-7,9H.